The summed E-state index contributed by atoms with van der Waals surface area (Å²) in [6.45, 7) is 5.76. The van der Waals surface area contributed by atoms with Gasteiger partial charge in [0.1, 0.15) is 6.67 Å². The Kier molecular flexibility index (Phi) is 7.92. The van der Waals surface area contributed by atoms with Crippen LogP contribution >= 0.6 is 11.3 Å². The number of nitrogens with zero attached hydrogens (tertiary/aromatic N) is 3. The number of hydrogen-bond acceptors (Lipinski definition) is 5. The number of para-hydroxylation sites is 1. The molecule has 2 aromatic heterocycles. The van der Waals surface area contributed by atoms with Gasteiger partial charge in [-0.1, -0.05) is 49.3 Å². The normalized spacial score (nSPS) is 16.0. The molecular formula is C25H33FN4OS. The van der Waals surface area contributed by atoms with Gasteiger partial charge in [0, 0.05) is 56.2 Å². The Bertz CT molecular complexity index is 1010. The highest BCUT2D eigenvalue weighted by Gasteiger charge is 2.22. The quantitative estimate of drug-likeness (QED) is 0.396. The van der Waals surface area contributed by atoms with Gasteiger partial charge in [-0.2, -0.15) is 0 Å². The molecule has 0 spiro atoms. The molecule has 3 heterocycles. The number of rotatable bonds is 11. The zero-order chi connectivity index (χ0) is 22.3. The molecule has 0 aliphatic carbocycles. The Morgan fingerprint density at radius 3 is 2.84 bits per heavy atom. The highest BCUT2D eigenvalue weighted by molar-refractivity contribution is 7.17. The molecule has 0 radical (unpaired) electrons. The summed E-state index contributed by atoms with van der Waals surface area (Å²) < 4.78 is 12.6. The van der Waals surface area contributed by atoms with E-state index in [0.29, 0.717) is 18.9 Å². The molecule has 7 heteroatoms. The molecule has 172 valence electrons. The van der Waals surface area contributed by atoms with Gasteiger partial charge < -0.3 is 9.88 Å². The number of ketones is 1. The van der Waals surface area contributed by atoms with E-state index in [0.717, 1.165) is 67.4 Å². The fraction of sp³-hybridized carbons (Fsp3) is 0.520. The third-order valence-corrected chi connectivity index (χ3v) is 7.53. The van der Waals surface area contributed by atoms with E-state index in [2.05, 4.69) is 51.1 Å². The van der Waals surface area contributed by atoms with Crippen LogP contribution in [0.1, 0.15) is 47.8 Å². The maximum atomic E-state index is 13.1. The van der Waals surface area contributed by atoms with E-state index in [4.69, 9.17) is 0 Å². The first-order chi connectivity index (χ1) is 15.7. The van der Waals surface area contributed by atoms with Gasteiger partial charge in [0.05, 0.1) is 11.1 Å². The van der Waals surface area contributed by atoms with Crippen molar-refractivity contribution < 1.29 is 9.18 Å². The number of piperazine rings is 1. The summed E-state index contributed by atoms with van der Waals surface area (Å²) in [6.07, 6.45) is 8.66. The monoisotopic (exact) mass is 456 g/mol. The fourth-order valence-electron chi connectivity index (χ4n) is 4.57. The topological polar surface area (TPSA) is 52.2 Å². The third-order valence-electron chi connectivity index (χ3n) is 6.44. The summed E-state index contributed by atoms with van der Waals surface area (Å²) in [5.41, 5.74) is 2.45. The summed E-state index contributed by atoms with van der Waals surface area (Å²) in [5.74, 6) is 0.530. The lowest BCUT2D eigenvalue weighted by molar-refractivity contribution is 0.0962. The summed E-state index contributed by atoms with van der Waals surface area (Å²) >= 11 is 1.50. The second kappa shape index (κ2) is 11.1. The number of thiazole rings is 1. The maximum Gasteiger partial charge on any atom is 0.186 e. The molecule has 4 rings (SSSR count). The Hall–Kier alpha value is -2.25. The number of halogens is 1. The number of aromatic amines is 1. The predicted octanol–water partition coefficient (Wildman–Crippen LogP) is 5.34. The molecule has 32 heavy (non-hydrogen) atoms. The Morgan fingerprint density at radius 2 is 2.06 bits per heavy atom. The molecule has 0 amide bonds. The van der Waals surface area contributed by atoms with Crippen molar-refractivity contribution >= 4 is 33.2 Å². The van der Waals surface area contributed by atoms with Crippen LogP contribution < -0.4 is 4.90 Å². The number of aromatic nitrogens is 2. The van der Waals surface area contributed by atoms with Crippen molar-refractivity contribution in [2.75, 3.05) is 44.3 Å². The zero-order valence-corrected chi connectivity index (χ0v) is 19.7. The van der Waals surface area contributed by atoms with Gasteiger partial charge in [-0.15, -0.1) is 0 Å². The molecule has 1 unspecified atom stereocenters. The third kappa shape index (κ3) is 5.56. The predicted molar refractivity (Wildman–Crippen MR) is 131 cm³/mol. The number of alkyl halides is 1. The number of carbonyl (C=O) groups is 1. The number of Topliss-reactive ketones (excluding diaryl/α,β-unsaturated/α-hetero) is 1. The van der Waals surface area contributed by atoms with Gasteiger partial charge in [-0.05, 0) is 30.4 Å². The lowest BCUT2D eigenvalue weighted by atomic mass is 9.89. The van der Waals surface area contributed by atoms with Gasteiger partial charge >= 0.3 is 0 Å². The second-order valence-electron chi connectivity index (χ2n) is 8.72. The summed E-state index contributed by atoms with van der Waals surface area (Å²) in [7, 11) is 0. The van der Waals surface area contributed by atoms with Crippen molar-refractivity contribution in [3.05, 3.63) is 47.1 Å². The maximum absolute atomic E-state index is 13.1. The van der Waals surface area contributed by atoms with Crippen molar-refractivity contribution in [1.29, 1.82) is 0 Å². The molecule has 1 aliphatic rings. The minimum absolute atomic E-state index is 0.200. The lowest BCUT2D eigenvalue weighted by Crippen LogP contribution is -2.46. The molecule has 1 aromatic carbocycles. The van der Waals surface area contributed by atoms with Crippen molar-refractivity contribution in [1.82, 2.24) is 14.9 Å². The minimum atomic E-state index is -0.298. The molecule has 1 fully saturated rings. The van der Waals surface area contributed by atoms with Crippen LogP contribution in [0.5, 0.6) is 0 Å². The van der Waals surface area contributed by atoms with E-state index < -0.39 is 0 Å². The van der Waals surface area contributed by atoms with E-state index in [-0.39, 0.29) is 12.5 Å². The van der Waals surface area contributed by atoms with Gasteiger partial charge in [0.15, 0.2) is 10.9 Å². The first-order valence-corrected chi connectivity index (χ1v) is 12.6. The largest absolute Gasteiger partial charge is 0.361 e. The zero-order valence-electron chi connectivity index (χ0n) is 18.9. The van der Waals surface area contributed by atoms with E-state index in [1.54, 1.807) is 6.20 Å². The van der Waals surface area contributed by atoms with Crippen molar-refractivity contribution in [2.24, 2.45) is 5.92 Å². The van der Waals surface area contributed by atoms with Crippen LogP contribution in [0.15, 0.2) is 36.7 Å². The van der Waals surface area contributed by atoms with Gasteiger partial charge in [0.2, 0.25) is 0 Å². The van der Waals surface area contributed by atoms with Crippen LogP contribution in [0.4, 0.5) is 9.52 Å². The Morgan fingerprint density at radius 1 is 1.25 bits per heavy atom. The number of H-pyrrole nitrogens is 1. The molecule has 0 saturated carbocycles. The summed E-state index contributed by atoms with van der Waals surface area (Å²) in [5, 5.41) is 2.17. The summed E-state index contributed by atoms with van der Waals surface area (Å²) in [6, 6.07) is 8.37. The number of nitrogens with one attached hydrogen (secondary N) is 1. The van der Waals surface area contributed by atoms with Gasteiger partial charge in [-0.3, -0.25) is 9.69 Å². The molecule has 5 nitrogen and oxygen atoms in total. The first-order valence-electron chi connectivity index (χ1n) is 11.7. The van der Waals surface area contributed by atoms with Crippen molar-refractivity contribution in [3.63, 3.8) is 0 Å². The highest BCUT2D eigenvalue weighted by Crippen LogP contribution is 2.29. The SMILES string of the molecule is CCCCC(CC(=O)c1cnc(N2CCN(CCF)CC2)s1)Cc1c[nH]c2ccccc12. The molecule has 1 atom stereocenters. The van der Waals surface area contributed by atoms with Crippen LogP contribution in [0, 0.1) is 5.92 Å². The van der Waals surface area contributed by atoms with E-state index >= 15 is 0 Å². The molecule has 1 N–H and O–H groups in total. The van der Waals surface area contributed by atoms with Crippen LogP contribution in [-0.2, 0) is 6.42 Å². The first kappa shape index (κ1) is 22.9. The summed E-state index contributed by atoms with van der Waals surface area (Å²) in [4.78, 5) is 26.2. The van der Waals surface area contributed by atoms with Crippen LogP contribution in [0.2, 0.25) is 0 Å². The van der Waals surface area contributed by atoms with Crippen LogP contribution in [0.25, 0.3) is 10.9 Å². The minimum Gasteiger partial charge on any atom is -0.361 e. The lowest BCUT2D eigenvalue weighted by Gasteiger charge is -2.33. The van der Waals surface area contributed by atoms with Gasteiger partial charge in [-0.25, -0.2) is 9.37 Å². The van der Waals surface area contributed by atoms with Crippen molar-refractivity contribution in [3.8, 4) is 0 Å². The van der Waals surface area contributed by atoms with Crippen LogP contribution in [-0.4, -0.2) is 60.0 Å². The molecule has 3 aromatic rings. The number of fused-ring (bicyclic) bond motifs is 1. The van der Waals surface area contributed by atoms with Crippen LogP contribution in [0.3, 0.4) is 0 Å². The number of benzene rings is 1. The van der Waals surface area contributed by atoms with Crippen molar-refractivity contribution in [2.45, 2.75) is 39.0 Å². The van der Waals surface area contributed by atoms with E-state index in [9.17, 15) is 9.18 Å². The number of unbranched alkanes of at least 4 members (excludes halogenated alkanes) is 1. The average molecular weight is 457 g/mol. The van der Waals surface area contributed by atoms with E-state index in [1.165, 1.54) is 22.3 Å². The number of anilines is 1. The number of carbonyl (C=O) groups excluding carboxylic acids is 1. The van der Waals surface area contributed by atoms with E-state index in [1.807, 2.05) is 6.07 Å². The Labute approximate surface area is 193 Å². The standard InChI is InChI=1S/C25H33FN4OS/c1-2-3-6-19(15-20-17-27-22-8-5-4-7-21(20)22)16-23(31)24-18-28-25(32-24)30-13-11-29(10-9-26)12-14-30/h4-5,7-8,17-19,27H,2-3,6,9-16H2,1H3. The Balaban J connectivity index is 1.39. The number of hydrogen-bond donors (Lipinski definition) is 1. The fourth-order valence-corrected chi connectivity index (χ4v) is 5.48. The molecular weight excluding hydrogens is 423 g/mol. The second-order valence-corrected chi connectivity index (χ2v) is 9.73. The molecule has 0 bridgehead atoms. The van der Waals surface area contributed by atoms with Gasteiger partial charge in [0.25, 0.3) is 0 Å². The molecule has 1 aliphatic heterocycles. The molecule has 1 saturated heterocycles. The smallest absolute Gasteiger partial charge is 0.186 e. The highest BCUT2D eigenvalue weighted by atomic mass is 32.1. The average Bonchev–Trinajstić information content (AvgIpc) is 3.46.